The topological polar surface area (TPSA) is 43.1 Å². The zero-order valence-electron chi connectivity index (χ0n) is 8.54. The molecule has 0 N–H and O–H groups in total. The Labute approximate surface area is 93.5 Å². The molecule has 0 aromatic heterocycles. The van der Waals surface area contributed by atoms with E-state index in [9.17, 15) is 10.1 Å². The van der Waals surface area contributed by atoms with E-state index in [0.29, 0.717) is 0 Å². The molecule has 0 aliphatic heterocycles. The van der Waals surface area contributed by atoms with Gasteiger partial charge in [-0.2, -0.15) is 0 Å². The third kappa shape index (κ3) is 2.45. The van der Waals surface area contributed by atoms with Crippen LogP contribution in [0.15, 0.2) is 54.6 Å². The van der Waals surface area contributed by atoms with Gasteiger partial charge in [-0.1, -0.05) is 42.5 Å². The average molecular weight is 212 g/mol. The Hall–Kier alpha value is -2.16. The molecule has 0 saturated carbocycles. The van der Waals surface area contributed by atoms with E-state index in [2.05, 4.69) is 0 Å². The molecule has 3 heteroatoms. The Balaban J connectivity index is 2.14. The summed E-state index contributed by atoms with van der Waals surface area (Å²) in [5.41, 5.74) is 2.15. The van der Waals surface area contributed by atoms with Crippen molar-refractivity contribution in [2.75, 3.05) is 0 Å². The first-order valence-electron chi connectivity index (χ1n) is 4.90. The summed E-state index contributed by atoms with van der Waals surface area (Å²) in [6.07, 6.45) is 1.98. The summed E-state index contributed by atoms with van der Waals surface area (Å²) < 4.78 is 0. The molecule has 0 spiro atoms. The van der Waals surface area contributed by atoms with Crippen LogP contribution in [0.2, 0.25) is 0 Å². The number of hydrogen-bond acceptors (Lipinski definition) is 2. The van der Waals surface area contributed by atoms with Crippen LogP contribution in [0.25, 0.3) is 0 Å². The Morgan fingerprint density at radius 1 is 0.875 bits per heavy atom. The molecule has 0 amide bonds. The second-order valence-electron chi connectivity index (χ2n) is 3.40. The first-order valence-corrected chi connectivity index (χ1v) is 4.90. The van der Waals surface area contributed by atoms with Crippen molar-refractivity contribution in [2.45, 2.75) is 0 Å². The van der Waals surface area contributed by atoms with E-state index >= 15 is 0 Å². The van der Waals surface area contributed by atoms with Crippen LogP contribution in [-0.2, 0) is 0 Å². The zero-order chi connectivity index (χ0) is 11.4. The smallest absolute Gasteiger partial charge is 0.258 e. The minimum atomic E-state index is -0.397. The van der Waals surface area contributed by atoms with Gasteiger partial charge in [0.2, 0.25) is 0 Å². The van der Waals surface area contributed by atoms with Gasteiger partial charge in [-0.3, -0.25) is 10.1 Å². The van der Waals surface area contributed by atoms with Gasteiger partial charge in [0.1, 0.15) is 0 Å². The number of nitro groups is 1. The molecule has 0 atom stereocenters. The molecule has 79 valence electrons. The molecule has 16 heavy (non-hydrogen) atoms. The van der Waals surface area contributed by atoms with Gasteiger partial charge in [-0.15, -0.1) is 0 Å². The van der Waals surface area contributed by atoms with Crippen LogP contribution in [0.3, 0.4) is 0 Å². The van der Waals surface area contributed by atoms with Gasteiger partial charge in [-0.05, 0) is 11.1 Å². The Bertz CT molecular complexity index is 477. The predicted molar refractivity (Wildman–Crippen MR) is 62.0 cm³/mol. The quantitative estimate of drug-likeness (QED) is 0.579. The highest BCUT2D eigenvalue weighted by Gasteiger charge is 2.04. The number of nitrogens with zero attached hydrogens (tertiary/aromatic N) is 1. The maximum Gasteiger partial charge on any atom is 0.269 e. The fourth-order valence-electron chi connectivity index (χ4n) is 1.43. The van der Waals surface area contributed by atoms with Crippen molar-refractivity contribution in [3.8, 4) is 0 Å². The van der Waals surface area contributed by atoms with Gasteiger partial charge in [0.15, 0.2) is 0 Å². The monoisotopic (exact) mass is 212 g/mol. The number of rotatable bonds is 3. The molecular weight excluding hydrogens is 202 g/mol. The van der Waals surface area contributed by atoms with E-state index in [4.69, 9.17) is 0 Å². The lowest BCUT2D eigenvalue weighted by Crippen LogP contribution is -1.89. The molecule has 0 bridgehead atoms. The highest BCUT2D eigenvalue weighted by Crippen LogP contribution is 2.16. The molecule has 0 saturated heterocycles. The highest BCUT2D eigenvalue weighted by molar-refractivity contribution is 5.41. The number of hydrogen-bond donors (Lipinski definition) is 0. The zero-order valence-corrected chi connectivity index (χ0v) is 8.54. The molecule has 0 aliphatic carbocycles. The van der Waals surface area contributed by atoms with Crippen molar-refractivity contribution < 1.29 is 4.92 Å². The molecule has 2 rings (SSSR count). The molecule has 0 fully saturated rings. The lowest BCUT2D eigenvalue weighted by atomic mass is 10.1. The van der Waals surface area contributed by atoms with Crippen molar-refractivity contribution in [1.29, 1.82) is 0 Å². The standard InChI is InChI=1S/C13H10NO2/c15-14(16)13-8-6-12(7-9-13)10-11-4-2-1-3-5-11/h1-10H. The van der Waals surface area contributed by atoms with E-state index in [-0.39, 0.29) is 5.69 Å². The number of nitro benzene ring substituents is 1. The maximum absolute atomic E-state index is 10.5. The van der Waals surface area contributed by atoms with Crippen LogP contribution < -0.4 is 0 Å². The van der Waals surface area contributed by atoms with Crippen molar-refractivity contribution in [3.63, 3.8) is 0 Å². The van der Waals surface area contributed by atoms with Crippen LogP contribution >= 0.6 is 0 Å². The van der Waals surface area contributed by atoms with Crippen LogP contribution in [0.1, 0.15) is 11.1 Å². The fourth-order valence-corrected chi connectivity index (χ4v) is 1.43. The third-order valence-corrected chi connectivity index (χ3v) is 2.24. The Kier molecular flexibility index (Phi) is 2.96. The first-order chi connectivity index (χ1) is 7.75. The highest BCUT2D eigenvalue weighted by atomic mass is 16.6. The maximum atomic E-state index is 10.5. The summed E-state index contributed by atoms with van der Waals surface area (Å²) in [5.74, 6) is 0. The summed E-state index contributed by atoms with van der Waals surface area (Å²) in [6, 6.07) is 16.3. The van der Waals surface area contributed by atoms with Gasteiger partial charge >= 0.3 is 0 Å². The summed E-state index contributed by atoms with van der Waals surface area (Å²) in [6.45, 7) is 0. The normalized spacial score (nSPS) is 10.0. The van der Waals surface area contributed by atoms with Crippen LogP contribution in [-0.4, -0.2) is 4.92 Å². The fraction of sp³-hybridized carbons (Fsp3) is 0. The van der Waals surface area contributed by atoms with E-state index in [1.54, 1.807) is 12.1 Å². The van der Waals surface area contributed by atoms with E-state index in [1.807, 2.05) is 36.8 Å². The van der Waals surface area contributed by atoms with Gasteiger partial charge in [0.05, 0.1) is 4.92 Å². The van der Waals surface area contributed by atoms with E-state index < -0.39 is 4.92 Å². The molecule has 0 unspecified atom stereocenters. The van der Waals surface area contributed by atoms with Crippen LogP contribution in [0, 0.1) is 16.5 Å². The lowest BCUT2D eigenvalue weighted by molar-refractivity contribution is -0.384. The Morgan fingerprint density at radius 2 is 1.44 bits per heavy atom. The van der Waals surface area contributed by atoms with Crippen LogP contribution in [0.4, 0.5) is 5.69 Å². The third-order valence-electron chi connectivity index (χ3n) is 2.24. The SMILES string of the molecule is O=[N+]([O-])c1ccc([CH]c2ccccc2)cc1. The summed E-state index contributed by atoms with van der Waals surface area (Å²) in [5, 5.41) is 10.5. The summed E-state index contributed by atoms with van der Waals surface area (Å²) in [7, 11) is 0. The minimum Gasteiger partial charge on any atom is -0.258 e. The Morgan fingerprint density at radius 3 is 2.00 bits per heavy atom. The molecular formula is C13H10NO2. The summed E-state index contributed by atoms with van der Waals surface area (Å²) >= 11 is 0. The van der Waals surface area contributed by atoms with Gasteiger partial charge in [0, 0.05) is 18.6 Å². The lowest BCUT2D eigenvalue weighted by Gasteiger charge is -2.00. The number of benzene rings is 2. The minimum absolute atomic E-state index is 0.116. The van der Waals surface area contributed by atoms with Gasteiger partial charge in [-0.25, -0.2) is 0 Å². The molecule has 0 aliphatic rings. The number of non-ortho nitro benzene ring substituents is 1. The molecule has 1 radical (unpaired) electrons. The van der Waals surface area contributed by atoms with Crippen molar-refractivity contribution in [1.82, 2.24) is 0 Å². The second-order valence-corrected chi connectivity index (χ2v) is 3.40. The molecule has 0 heterocycles. The van der Waals surface area contributed by atoms with Crippen molar-refractivity contribution in [3.05, 3.63) is 82.3 Å². The summed E-state index contributed by atoms with van der Waals surface area (Å²) in [4.78, 5) is 10.1. The van der Waals surface area contributed by atoms with Gasteiger partial charge < -0.3 is 0 Å². The van der Waals surface area contributed by atoms with Crippen LogP contribution in [0.5, 0.6) is 0 Å². The molecule has 3 nitrogen and oxygen atoms in total. The molecule has 2 aromatic carbocycles. The predicted octanol–water partition coefficient (Wildman–Crippen LogP) is 3.20. The van der Waals surface area contributed by atoms with Gasteiger partial charge in [0.25, 0.3) is 5.69 Å². The average Bonchev–Trinajstić information content (AvgIpc) is 2.31. The first kappa shape index (κ1) is 10.4. The van der Waals surface area contributed by atoms with E-state index in [0.717, 1.165) is 11.1 Å². The van der Waals surface area contributed by atoms with Crippen molar-refractivity contribution >= 4 is 5.69 Å². The van der Waals surface area contributed by atoms with E-state index in [1.165, 1.54) is 12.1 Å². The molecule has 2 aromatic rings. The largest absolute Gasteiger partial charge is 0.269 e. The second kappa shape index (κ2) is 4.57. The van der Waals surface area contributed by atoms with Crippen molar-refractivity contribution in [2.24, 2.45) is 0 Å².